The molecule has 0 aliphatic carbocycles. The quantitative estimate of drug-likeness (QED) is 0.846. The highest BCUT2D eigenvalue weighted by Gasteiger charge is 2.50. The van der Waals surface area contributed by atoms with E-state index < -0.39 is 0 Å². The van der Waals surface area contributed by atoms with Crippen molar-refractivity contribution in [1.29, 1.82) is 0 Å². The fourth-order valence-electron chi connectivity index (χ4n) is 3.74. The highest BCUT2D eigenvalue weighted by atomic mass is 16.2. The van der Waals surface area contributed by atoms with E-state index >= 15 is 0 Å². The van der Waals surface area contributed by atoms with Crippen LogP contribution < -0.4 is 5.32 Å². The number of hydrogen-bond donors (Lipinski definition) is 1. The van der Waals surface area contributed by atoms with E-state index in [2.05, 4.69) is 49.7 Å². The summed E-state index contributed by atoms with van der Waals surface area (Å²) in [5, 5.41) is 3.61. The van der Waals surface area contributed by atoms with Crippen LogP contribution in [-0.4, -0.2) is 53.1 Å². The van der Waals surface area contributed by atoms with Crippen molar-refractivity contribution in [2.45, 2.75) is 78.0 Å². The molecular formula is C17H33N3O. The molecule has 2 saturated heterocycles. The van der Waals surface area contributed by atoms with Gasteiger partial charge in [-0.25, -0.2) is 0 Å². The van der Waals surface area contributed by atoms with Gasteiger partial charge in [-0.3, -0.25) is 10.1 Å². The standard InChI is InChI=1S/C17H33N3O/c1-6-10-19-11-8-14(9-12-19)20-15(13(3)4)18-17(5,7-2)16(20)21/h13-15,18H,6-12H2,1-5H3. The average Bonchev–Trinajstić information content (AvgIpc) is 2.74. The average molecular weight is 295 g/mol. The van der Waals surface area contributed by atoms with Gasteiger partial charge in [0, 0.05) is 19.1 Å². The summed E-state index contributed by atoms with van der Waals surface area (Å²) in [6.45, 7) is 14.3. The van der Waals surface area contributed by atoms with Crippen LogP contribution in [0.3, 0.4) is 0 Å². The first-order chi connectivity index (χ1) is 9.92. The third-order valence-corrected chi connectivity index (χ3v) is 5.30. The molecule has 0 bridgehead atoms. The number of hydrogen-bond acceptors (Lipinski definition) is 3. The molecule has 2 fully saturated rings. The van der Waals surface area contributed by atoms with Gasteiger partial charge in [-0.1, -0.05) is 27.7 Å². The van der Waals surface area contributed by atoms with E-state index in [0.717, 1.165) is 32.4 Å². The van der Waals surface area contributed by atoms with Crippen LogP contribution in [0, 0.1) is 5.92 Å². The minimum atomic E-state index is -0.366. The molecule has 2 atom stereocenters. The molecule has 122 valence electrons. The Kier molecular flexibility index (Phi) is 5.31. The minimum absolute atomic E-state index is 0.199. The molecule has 0 radical (unpaired) electrons. The van der Waals surface area contributed by atoms with Gasteiger partial charge in [0.2, 0.25) is 5.91 Å². The van der Waals surface area contributed by atoms with Crippen molar-refractivity contribution in [2.75, 3.05) is 19.6 Å². The molecule has 0 aromatic carbocycles. The molecule has 0 aromatic heterocycles. The van der Waals surface area contributed by atoms with Crippen molar-refractivity contribution in [1.82, 2.24) is 15.1 Å². The highest BCUT2D eigenvalue weighted by molar-refractivity contribution is 5.88. The van der Waals surface area contributed by atoms with Crippen LogP contribution in [0.15, 0.2) is 0 Å². The van der Waals surface area contributed by atoms with Gasteiger partial charge in [-0.2, -0.15) is 0 Å². The molecule has 2 unspecified atom stereocenters. The zero-order valence-electron chi connectivity index (χ0n) is 14.5. The van der Waals surface area contributed by atoms with Crippen LogP contribution >= 0.6 is 0 Å². The molecule has 0 spiro atoms. The molecule has 2 aliphatic heterocycles. The largest absolute Gasteiger partial charge is 0.322 e. The number of nitrogens with one attached hydrogen (secondary N) is 1. The third kappa shape index (κ3) is 3.26. The molecule has 2 aliphatic rings. The summed E-state index contributed by atoms with van der Waals surface area (Å²) in [6, 6.07) is 0.416. The number of nitrogens with zero attached hydrogens (tertiary/aromatic N) is 2. The smallest absolute Gasteiger partial charge is 0.244 e. The normalized spacial score (nSPS) is 32.4. The van der Waals surface area contributed by atoms with Crippen LogP contribution in [0.25, 0.3) is 0 Å². The second-order valence-electron chi connectivity index (χ2n) is 7.30. The summed E-state index contributed by atoms with van der Waals surface area (Å²) in [6.07, 6.45) is 4.52. The van der Waals surface area contributed by atoms with Crippen molar-refractivity contribution < 1.29 is 4.79 Å². The first kappa shape index (κ1) is 16.8. The summed E-state index contributed by atoms with van der Waals surface area (Å²) in [5.41, 5.74) is -0.366. The molecule has 1 amide bonds. The van der Waals surface area contributed by atoms with Gasteiger partial charge in [-0.15, -0.1) is 0 Å². The second kappa shape index (κ2) is 6.66. The minimum Gasteiger partial charge on any atom is -0.322 e. The van der Waals surface area contributed by atoms with E-state index in [-0.39, 0.29) is 11.7 Å². The molecule has 0 aromatic rings. The molecule has 0 saturated carbocycles. The molecular weight excluding hydrogens is 262 g/mol. The topological polar surface area (TPSA) is 35.6 Å². The third-order valence-electron chi connectivity index (χ3n) is 5.30. The SMILES string of the molecule is CCCN1CCC(N2C(=O)C(C)(CC)NC2C(C)C)CC1. The fourth-order valence-corrected chi connectivity index (χ4v) is 3.74. The Bertz CT molecular complexity index is 363. The first-order valence-corrected chi connectivity index (χ1v) is 8.75. The summed E-state index contributed by atoms with van der Waals surface area (Å²) in [7, 11) is 0. The second-order valence-corrected chi connectivity index (χ2v) is 7.30. The number of likely N-dealkylation sites (tertiary alicyclic amines) is 1. The van der Waals surface area contributed by atoms with Crippen LogP contribution in [0.1, 0.15) is 60.3 Å². The highest BCUT2D eigenvalue weighted by Crippen LogP contribution is 2.32. The zero-order valence-corrected chi connectivity index (χ0v) is 14.5. The Labute approximate surface area is 130 Å². The predicted octanol–water partition coefficient (Wildman–Crippen LogP) is 2.44. The van der Waals surface area contributed by atoms with Crippen molar-refractivity contribution >= 4 is 5.91 Å². The lowest BCUT2D eigenvalue weighted by atomic mass is 9.97. The lowest BCUT2D eigenvalue weighted by Gasteiger charge is -2.40. The lowest BCUT2D eigenvalue weighted by Crippen LogP contribution is -2.51. The van der Waals surface area contributed by atoms with Crippen molar-refractivity contribution in [3.8, 4) is 0 Å². The van der Waals surface area contributed by atoms with Crippen LogP contribution in [0.2, 0.25) is 0 Å². The van der Waals surface area contributed by atoms with E-state index in [1.807, 2.05) is 0 Å². The fraction of sp³-hybridized carbons (Fsp3) is 0.941. The van der Waals surface area contributed by atoms with Gasteiger partial charge in [0.15, 0.2) is 0 Å². The molecule has 4 heteroatoms. The summed E-state index contributed by atoms with van der Waals surface area (Å²) in [4.78, 5) is 17.7. The van der Waals surface area contributed by atoms with Gasteiger partial charge < -0.3 is 9.80 Å². The Morgan fingerprint density at radius 3 is 2.38 bits per heavy atom. The van der Waals surface area contributed by atoms with Gasteiger partial charge in [-0.05, 0) is 45.1 Å². The van der Waals surface area contributed by atoms with Crippen LogP contribution in [-0.2, 0) is 4.79 Å². The monoisotopic (exact) mass is 295 g/mol. The number of piperidine rings is 1. The van der Waals surface area contributed by atoms with Gasteiger partial charge in [0.05, 0.1) is 11.7 Å². The van der Waals surface area contributed by atoms with Crippen molar-refractivity contribution in [3.05, 3.63) is 0 Å². The number of amides is 1. The predicted molar refractivity (Wildman–Crippen MR) is 87.1 cm³/mol. The molecule has 4 nitrogen and oxygen atoms in total. The molecule has 2 heterocycles. The van der Waals surface area contributed by atoms with Crippen LogP contribution in [0.5, 0.6) is 0 Å². The maximum atomic E-state index is 12.9. The lowest BCUT2D eigenvalue weighted by molar-refractivity contribution is -0.136. The Morgan fingerprint density at radius 1 is 1.29 bits per heavy atom. The number of rotatable bonds is 5. The molecule has 21 heavy (non-hydrogen) atoms. The molecule has 1 N–H and O–H groups in total. The first-order valence-electron chi connectivity index (χ1n) is 8.75. The Hall–Kier alpha value is -0.610. The van der Waals surface area contributed by atoms with E-state index in [1.54, 1.807) is 0 Å². The zero-order chi connectivity index (χ0) is 15.6. The van der Waals surface area contributed by atoms with E-state index in [4.69, 9.17) is 0 Å². The van der Waals surface area contributed by atoms with E-state index in [0.29, 0.717) is 17.9 Å². The van der Waals surface area contributed by atoms with Gasteiger partial charge >= 0.3 is 0 Å². The Balaban J connectivity index is 2.08. The van der Waals surface area contributed by atoms with Gasteiger partial charge in [0.25, 0.3) is 0 Å². The molecule has 2 rings (SSSR count). The number of carbonyl (C=O) groups excluding carboxylic acids is 1. The Morgan fingerprint density at radius 2 is 1.90 bits per heavy atom. The maximum Gasteiger partial charge on any atom is 0.244 e. The summed E-state index contributed by atoms with van der Waals surface area (Å²) < 4.78 is 0. The number of carbonyl (C=O) groups is 1. The van der Waals surface area contributed by atoms with Crippen LogP contribution in [0.4, 0.5) is 0 Å². The van der Waals surface area contributed by atoms with E-state index in [9.17, 15) is 4.79 Å². The summed E-state index contributed by atoms with van der Waals surface area (Å²) in [5.74, 6) is 0.772. The maximum absolute atomic E-state index is 12.9. The van der Waals surface area contributed by atoms with Gasteiger partial charge in [0.1, 0.15) is 0 Å². The van der Waals surface area contributed by atoms with E-state index in [1.165, 1.54) is 13.0 Å². The van der Waals surface area contributed by atoms with Crippen molar-refractivity contribution in [3.63, 3.8) is 0 Å². The van der Waals surface area contributed by atoms with Crippen molar-refractivity contribution in [2.24, 2.45) is 5.92 Å². The summed E-state index contributed by atoms with van der Waals surface area (Å²) >= 11 is 0.